The first-order valence-corrected chi connectivity index (χ1v) is 11.8. The van der Waals surface area contributed by atoms with Crippen molar-refractivity contribution in [2.75, 3.05) is 11.9 Å². The number of amides is 1. The summed E-state index contributed by atoms with van der Waals surface area (Å²) in [7, 11) is 0. The van der Waals surface area contributed by atoms with Gasteiger partial charge < -0.3 is 4.74 Å². The molecule has 1 aromatic carbocycles. The van der Waals surface area contributed by atoms with Crippen molar-refractivity contribution in [2.24, 2.45) is 11.3 Å². The quantitative estimate of drug-likeness (QED) is 0.569. The highest BCUT2D eigenvalue weighted by Crippen LogP contribution is 2.39. The Morgan fingerprint density at radius 3 is 2.72 bits per heavy atom. The summed E-state index contributed by atoms with van der Waals surface area (Å²) in [6, 6.07) is 7.62. The minimum atomic E-state index is -0.490. The van der Waals surface area contributed by atoms with Crippen molar-refractivity contribution in [2.45, 2.75) is 53.4 Å². The zero-order chi connectivity index (χ0) is 22.9. The molecule has 4 rings (SSSR count). The lowest BCUT2D eigenvalue weighted by Crippen LogP contribution is -2.29. The van der Waals surface area contributed by atoms with Gasteiger partial charge in [0.1, 0.15) is 5.01 Å². The van der Waals surface area contributed by atoms with Gasteiger partial charge in [-0.05, 0) is 48.6 Å². The van der Waals surface area contributed by atoms with Crippen molar-refractivity contribution in [3.05, 3.63) is 46.1 Å². The van der Waals surface area contributed by atoms with Crippen molar-refractivity contribution in [3.63, 3.8) is 0 Å². The van der Waals surface area contributed by atoms with Gasteiger partial charge in [0, 0.05) is 11.1 Å². The zero-order valence-electron chi connectivity index (χ0n) is 18.9. The molecule has 2 heterocycles. The summed E-state index contributed by atoms with van der Waals surface area (Å²) in [5.41, 5.74) is 3.36. The third kappa shape index (κ3) is 4.65. The summed E-state index contributed by atoms with van der Waals surface area (Å²) >= 11 is 1.31. The molecule has 0 spiro atoms. The number of fused-ring (bicyclic) bond motifs is 2. The van der Waals surface area contributed by atoms with E-state index in [1.54, 1.807) is 0 Å². The molecule has 2 aromatic heterocycles. The van der Waals surface area contributed by atoms with Crippen LogP contribution in [0.3, 0.4) is 0 Å². The number of aromatic nitrogens is 3. The maximum atomic E-state index is 13.2. The summed E-state index contributed by atoms with van der Waals surface area (Å²) in [5, 5.41) is 12.6. The van der Waals surface area contributed by atoms with Crippen molar-refractivity contribution < 1.29 is 14.3 Å². The van der Waals surface area contributed by atoms with Crippen molar-refractivity contribution in [3.8, 4) is 0 Å². The maximum Gasteiger partial charge on any atom is 0.339 e. The van der Waals surface area contributed by atoms with Gasteiger partial charge in [0.25, 0.3) is 5.91 Å². The normalized spacial score (nSPS) is 15.9. The number of para-hydroxylation sites is 1. The van der Waals surface area contributed by atoms with Gasteiger partial charge in [-0.25, -0.2) is 4.79 Å². The highest BCUT2D eigenvalue weighted by Gasteiger charge is 2.33. The highest BCUT2D eigenvalue weighted by atomic mass is 32.1. The van der Waals surface area contributed by atoms with Crippen LogP contribution in [0.5, 0.6) is 0 Å². The lowest BCUT2D eigenvalue weighted by Gasteiger charge is -2.35. The molecule has 1 atom stereocenters. The second kappa shape index (κ2) is 8.94. The molecular weight excluding hydrogens is 424 g/mol. The molecule has 1 amide bonds. The second-order valence-corrected chi connectivity index (χ2v) is 10.3. The number of benzene rings is 1. The molecule has 3 aromatic rings. The third-order valence-corrected chi connectivity index (χ3v) is 7.02. The molecule has 1 unspecified atom stereocenters. The first-order chi connectivity index (χ1) is 15.3. The Morgan fingerprint density at radius 1 is 1.22 bits per heavy atom. The van der Waals surface area contributed by atoms with Crippen LogP contribution in [0.1, 0.15) is 60.7 Å². The van der Waals surface area contributed by atoms with Crippen LogP contribution in [0, 0.1) is 11.3 Å². The van der Waals surface area contributed by atoms with Crippen LogP contribution in [0.4, 0.5) is 5.13 Å². The Balaban J connectivity index is 1.58. The van der Waals surface area contributed by atoms with Crippen LogP contribution in [0.15, 0.2) is 24.3 Å². The monoisotopic (exact) mass is 452 g/mol. The third-order valence-electron chi connectivity index (χ3n) is 6.04. The SMILES string of the molecule is CCc1nnc(NC(=O)COC(=O)c2c3c(nc4ccccc24)CCC(C(C)(C)C)C3)s1. The standard InChI is InChI=1S/C24H28N4O3S/c1-5-20-27-28-23(32-20)26-19(29)13-31-22(30)21-15-8-6-7-9-17(15)25-18-11-10-14(12-16(18)21)24(2,3)4/h6-9,14H,5,10-13H2,1-4H3,(H,26,28,29). The number of hydrogen-bond acceptors (Lipinski definition) is 7. The Kier molecular flexibility index (Phi) is 6.24. The van der Waals surface area contributed by atoms with E-state index in [1.807, 2.05) is 31.2 Å². The van der Waals surface area contributed by atoms with Gasteiger partial charge in [-0.1, -0.05) is 57.2 Å². The summed E-state index contributed by atoms with van der Waals surface area (Å²) in [5.74, 6) is -0.481. The fraction of sp³-hybridized carbons (Fsp3) is 0.458. The largest absolute Gasteiger partial charge is 0.452 e. The van der Waals surface area contributed by atoms with E-state index in [1.165, 1.54) is 11.3 Å². The Hall–Kier alpha value is -2.87. The summed E-state index contributed by atoms with van der Waals surface area (Å²) in [6.45, 7) is 8.29. The van der Waals surface area contributed by atoms with Crippen LogP contribution < -0.4 is 5.32 Å². The second-order valence-electron chi connectivity index (χ2n) is 9.21. The van der Waals surface area contributed by atoms with E-state index in [4.69, 9.17) is 9.72 Å². The number of carbonyl (C=O) groups excluding carboxylic acids is 2. The van der Waals surface area contributed by atoms with Gasteiger partial charge >= 0.3 is 5.97 Å². The highest BCUT2D eigenvalue weighted by molar-refractivity contribution is 7.15. The fourth-order valence-corrected chi connectivity index (χ4v) is 4.86. The first-order valence-electron chi connectivity index (χ1n) is 11.0. The Bertz CT molecular complexity index is 1170. The van der Waals surface area contributed by atoms with Gasteiger partial charge in [-0.15, -0.1) is 10.2 Å². The number of carbonyl (C=O) groups is 2. The summed E-state index contributed by atoms with van der Waals surface area (Å²) in [6.07, 6.45) is 3.40. The van der Waals surface area contributed by atoms with E-state index in [0.29, 0.717) is 16.6 Å². The number of ether oxygens (including phenoxy) is 1. The van der Waals surface area contributed by atoms with Gasteiger partial charge in [-0.2, -0.15) is 0 Å². The Morgan fingerprint density at radius 2 is 2.00 bits per heavy atom. The minimum Gasteiger partial charge on any atom is -0.452 e. The lowest BCUT2D eigenvalue weighted by molar-refractivity contribution is -0.119. The summed E-state index contributed by atoms with van der Waals surface area (Å²) < 4.78 is 5.47. The average Bonchev–Trinajstić information content (AvgIpc) is 3.22. The van der Waals surface area contributed by atoms with E-state index in [9.17, 15) is 9.59 Å². The van der Waals surface area contributed by atoms with E-state index < -0.39 is 11.9 Å². The molecule has 168 valence electrons. The zero-order valence-corrected chi connectivity index (χ0v) is 19.7. The number of nitrogens with zero attached hydrogens (tertiary/aromatic N) is 3. The molecule has 0 radical (unpaired) electrons. The fourth-order valence-electron chi connectivity index (χ4n) is 4.17. The summed E-state index contributed by atoms with van der Waals surface area (Å²) in [4.78, 5) is 30.4. The average molecular weight is 453 g/mol. The number of esters is 1. The lowest BCUT2D eigenvalue weighted by atomic mass is 9.70. The molecule has 0 bridgehead atoms. The molecule has 0 aliphatic heterocycles. The van der Waals surface area contributed by atoms with E-state index in [0.717, 1.165) is 52.9 Å². The number of aryl methyl sites for hydroxylation is 2. The van der Waals surface area contributed by atoms with Crippen molar-refractivity contribution in [1.29, 1.82) is 0 Å². The number of nitrogens with one attached hydrogen (secondary N) is 1. The van der Waals surface area contributed by atoms with Crippen molar-refractivity contribution in [1.82, 2.24) is 15.2 Å². The van der Waals surface area contributed by atoms with Crippen molar-refractivity contribution >= 4 is 39.2 Å². The topological polar surface area (TPSA) is 94.1 Å². The van der Waals surface area contributed by atoms with Gasteiger partial charge in [0.05, 0.1) is 11.1 Å². The van der Waals surface area contributed by atoms with Crippen LogP contribution >= 0.6 is 11.3 Å². The van der Waals surface area contributed by atoms with Crippen LogP contribution in [0.25, 0.3) is 10.9 Å². The predicted molar refractivity (Wildman–Crippen MR) is 125 cm³/mol. The molecule has 1 aliphatic rings. The van der Waals surface area contributed by atoms with E-state index in [-0.39, 0.29) is 12.0 Å². The minimum absolute atomic E-state index is 0.128. The number of hydrogen-bond donors (Lipinski definition) is 1. The maximum absolute atomic E-state index is 13.2. The molecule has 1 N–H and O–H groups in total. The molecule has 32 heavy (non-hydrogen) atoms. The molecular formula is C24H28N4O3S. The number of anilines is 1. The number of rotatable bonds is 5. The van der Waals surface area contributed by atoms with Crippen LogP contribution in [-0.2, 0) is 28.8 Å². The Labute approximate surface area is 191 Å². The molecule has 0 saturated carbocycles. The first kappa shape index (κ1) is 22.3. The molecule has 0 fully saturated rings. The van der Waals surface area contributed by atoms with E-state index in [2.05, 4.69) is 36.3 Å². The molecule has 1 aliphatic carbocycles. The van der Waals surface area contributed by atoms with Gasteiger partial charge in [-0.3, -0.25) is 15.1 Å². The van der Waals surface area contributed by atoms with Crippen LogP contribution in [0.2, 0.25) is 0 Å². The molecule has 7 nitrogen and oxygen atoms in total. The molecule has 8 heteroatoms. The predicted octanol–water partition coefficient (Wildman–Crippen LogP) is 4.60. The smallest absolute Gasteiger partial charge is 0.339 e. The van der Waals surface area contributed by atoms with Gasteiger partial charge in [0.15, 0.2) is 6.61 Å². The molecule has 0 saturated heterocycles. The van der Waals surface area contributed by atoms with Crippen LogP contribution in [-0.4, -0.2) is 33.7 Å². The number of pyridine rings is 1. The van der Waals surface area contributed by atoms with E-state index >= 15 is 0 Å². The van der Waals surface area contributed by atoms with Gasteiger partial charge in [0.2, 0.25) is 5.13 Å².